The second-order valence-electron chi connectivity index (χ2n) is 5.56. The molecule has 0 aliphatic rings. The van der Waals surface area contributed by atoms with Crippen molar-refractivity contribution in [3.63, 3.8) is 0 Å². The molecule has 1 aromatic carbocycles. The molecular weight excluding hydrogens is 324 g/mol. The van der Waals surface area contributed by atoms with E-state index < -0.39 is 12.1 Å². The second kappa shape index (κ2) is 11.3. The number of benzene rings is 1. The quantitative estimate of drug-likeness (QED) is 0.445. The van der Waals surface area contributed by atoms with Gasteiger partial charge in [0.15, 0.2) is 11.5 Å². The molecule has 0 amide bonds. The van der Waals surface area contributed by atoms with Gasteiger partial charge in [-0.25, -0.2) is 0 Å². The van der Waals surface area contributed by atoms with Crippen LogP contribution in [0, 0.1) is 0 Å². The van der Waals surface area contributed by atoms with Gasteiger partial charge in [-0.3, -0.25) is 9.59 Å². The van der Waals surface area contributed by atoms with E-state index in [1.54, 1.807) is 32.2 Å². The van der Waals surface area contributed by atoms with Crippen molar-refractivity contribution < 1.29 is 28.5 Å². The van der Waals surface area contributed by atoms with Gasteiger partial charge in [0.25, 0.3) is 0 Å². The average molecular weight is 352 g/mol. The zero-order valence-electron chi connectivity index (χ0n) is 15.5. The van der Waals surface area contributed by atoms with Gasteiger partial charge in [0, 0.05) is 6.42 Å². The molecule has 1 aromatic rings. The molecule has 6 nitrogen and oxygen atoms in total. The molecule has 0 radical (unpaired) electrons. The van der Waals surface area contributed by atoms with Crippen LogP contribution < -0.4 is 9.47 Å². The smallest absolute Gasteiger partial charge is 0.309 e. The fraction of sp³-hybridized carbons (Fsp3) is 0.579. The van der Waals surface area contributed by atoms with Crippen LogP contribution in [-0.2, 0) is 19.1 Å². The fourth-order valence-corrected chi connectivity index (χ4v) is 2.39. The highest BCUT2D eigenvalue weighted by atomic mass is 16.6. The molecule has 140 valence electrons. The highest BCUT2D eigenvalue weighted by Gasteiger charge is 2.22. The normalized spacial score (nSPS) is 11.5. The number of carbonyl (C=O) groups is 2. The Morgan fingerprint density at radius 3 is 2.32 bits per heavy atom. The van der Waals surface area contributed by atoms with Gasteiger partial charge >= 0.3 is 11.9 Å². The summed E-state index contributed by atoms with van der Waals surface area (Å²) in [6.07, 6.45) is 2.34. The molecule has 0 saturated carbocycles. The number of carbonyl (C=O) groups excluding carboxylic acids is 2. The Kier molecular flexibility index (Phi) is 9.43. The van der Waals surface area contributed by atoms with E-state index in [9.17, 15) is 9.59 Å². The standard InChI is InChI=1S/C19H28O6/c1-5-7-8-9-18(20)25-16(13-19(21)24-6-2)14-10-11-15(22-3)17(12-14)23-4/h10-12,16H,5-9,13H2,1-4H3. The fourth-order valence-electron chi connectivity index (χ4n) is 2.39. The summed E-state index contributed by atoms with van der Waals surface area (Å²) in [6, 6.07) is 5.18. The lowest BCUT2D eigenvalue weighted by Gasteiger charge is -2.19. The zero-order chi connectivity index (χ0) is 18.7. The van der Waals surface area contributed by atoms with E-state index >= 15 is 0 Å². The van der Waals surface area contributed by atoms with Gasteiger partial charge in [-0.1, -0.05) is 25.8 Å². The molecule has 0 aliphatic carbocycles. The molecule has 1 unspecified atom stereocenters. The Morgan fingerprint density at radius 1 is 1.00 bits per heavy atom. The maximum absolute atomic E-state index is 12.1. The van der Waals surface area contributed by atoms with Crippen LogP contribution in [0.1, 0.15) is 57.6 Å². The summed E-state index contributed by atoms with van der Waals surface area (Å²) in [6.45, 7) is 4.08. The SMILES string of the molecule is CCCCCC(=O)OC(CC(=O)OCC)c1ccc(OC)c(OC)c1. The number of methoxy groups -OCH3 is 2. The van der Waals surface area contributed by atoms with Crippen LogP contribution in [0.4, 0.5) is 0 Å². The summed E-state index contributed by atoms with van der Waals surface area (Å²) in [7, 11) is 3.07. The number of unbranched alkanes of at least 4 members (excludes halogenated alkanes) is 2. The molecule has 6 heteroatoms. The molecule has 0 bridgehead atoms. The monoisotopic (exact) mass is 352 g/mol. The Bertz CT molecular complexity index is 555. The van der Waals surface area contributed by atoms with Crippen LogP contribution in [0.3, 0.4) is 0 Å². The molecule has 0 spiro atoms. The molecule has 0 fully saturated rings. The minimum Gasteiger partial charge on any atom is -0.493 e. The van der Waals surface area contributed by atoms with Crippen LogP contribution in [0.2, 0.25) is 0 Å². The Hall–Kier alpha value is -2.24. The lowest BCUT2D eigenvalue weighted by molar-refractivity contribution is -0.155. The molecular formula is C19H28O6. The third-order valence-corrected chi connectivity index (χ3v) is 3.69. The molecule has 0 aliphatic heterocycles. The van der Waals surface area contributed by atoms with E-state index in [4.69, 9.17) is 18.9 Å². The van der Waals surface area contributed by atoms with E-state index in [1.165, 1.54) is 7.11 Å². The van der Waals surface area contributed by atoms with Crippen LogP contribution >= 0.6 is 0 Å². The second-order valence-corrected chi connectivity index (χ2v) is 5.56. The van der Waals surface area contributed by atoms with Gasteiger partial charge in [0.05, 0.1) is 27.2 Å². The van der Waals surface area contributed by atoms with Crippen LogP contribution in [0.5, 0.6) is 11.5 Å². The topological polar surface area (TPSA) is 71.1 Å². The van der Waals surface area contributed by atoms with E-state index in [2.05, 4.69) is 6.92 Å². The Labute approximate surface area is 149 Å². The van der Waals surface area contributed by atoms with Crippen molar-refractivity contribution >= 4 is 11.9 Å². The summed E-state index contributed by atoms with van der Waals surface area (Å²) in [5, 5.41) is 0. The molecule has 0 N–H and O–H groups in total. The van der Waals surface area contributed by atoms with Crippen molar-refractivity contribution in [2.24, 2.45) is 0 Å². The van der Waals surface area contributed by atoms with E-state index in [0.29, 0.717) is 23.5 Å². The molecule has 0 aromatic heterocycles. The number of rotatable bonds is 11. The van der Waals surface area contributed by atoms with Gasteiger partial charge in [-0.15, -0.1) is 0 Å². The van der Waals surface area contributed by atoms with Gasteiger partial charge in [0.2, 0.25) is 0 Å². The van der Waals surface area contributed by atoms with Crippen LogP contribution in [-0.4, -0.2) is 32.8 Å². The minimum atomic E-state index is -0.715. The molecule has 25 heavy (non-hydrogen) atoms. The van der Waals surface area contributed by atoms with Gasteiger partial charge in [-0.2, -0.15) is 0 Å². The lowest BCUT2D eigenvalue weighted by Crippen LogP contribution is -2.17. The van der Waals surface area contributed by atoms with Crippen molar-refractivity contribution in [3.8, 4) is 11.5 Å². The number of hydrogen-bond acceptors (Lipinski definition) is 6. The number of esters is 2. The molecule has 0 heterocycles. The highest BCUT2D eigenvalue weighted by Crippen LogP contribution is 2.32. The maximum Gasteiger partial charge on any atom is 0.309 e. The average Bonchev–Trinajstić information content (AvgIpc) is 2.61. The van der Waals surface area contributed by atoms with Crippen molar-refractivity contribution in [2.45, 2.75) is 52.1 Å². The minimum absolute atomic E-state index is 0.0388. The van der Waals surface area contributed by atoms with Crippen LogP contribution in [0.15, 0.2) is 18.2 Å². The first-order chi connectivity index (χ1) is 12.0. The molecule has 1 rings (SSSR count). The summed E-state index contributed by atoms with van der Waals surface area (Å²) in [4.78, 5) is 24.0. The third kappa shape index (κ3) is 7.03. The molecule has 1 atom stereocenters. The van der Waals surface area contributed by atoms with Crippen LogP contribution in [0.25, 0.3) is 0 Å². The van der Waals surface area contributed by atoms with Crippen molar-refractivity contribution in [2.75, 3.05) is 20.8 Å². The van der Waals surface area contributed by atoms with Gasteiger partial charge in [-0.05, 0) is 31.0 Å². The van der Waals surface area contributed by atoms with E-state index in [-0.39, 0.29) is 19.0 Å². The Morgan fingerprint density at radius 2 is 1.72 bits per heavy atom. The van der Waals surface area contributed by atoms with E-state index in [1.807, 2.05) is 0 Å². The first-order valence-electron chi connectivity index (χ1n) is 8.62. The maximum atomic E-state index is 12.1. The van der Waals surface area contributed by atoms with Gasteiger partial charge < -0.3 is 18.9 Å². The summed E-state index contributed by atoms with van der Waals surface area (Å²) in [5.74, 6) is 0.340. The highest BCUT2D eigenvalue weighted by molar-refractivity contribution is 5.73. The molecule has 0 saturated heterocycles. The predicted molar refractivity (Wildman–Crippen MR) is 93.8 cm³/mol. The first kappa shape index (κ1) is 20.8. The van der Waals surface area contributed by atoms with E-state index in [0.717, 1.165) is 19.3 Å². The summed E-state index contributed by atoms with van der Waals surface area (Å²) in [5.41, 5.74) is 0.662. The third-order valence-electron chi connectivity index (χ3n) is 3.69. The largest absolute Gasteiger partial charge is 0.493 e. The first-order valence-corrected chi connectivity index (χ1v) is 8.62. The Balaban J connectivity index is 2.93. The summed E-state index contributed by atoms with van der Waals surface area (Å²) >= 11 is 0. The van der Waals surface area contributed by atoms with Crippen molar-refractivity contribution in [1.29, 1.82) is 0 Å². The number of ether oxygens (including phenoxy) is 4. The van der Waals surface area contributed by atoms with Crippen molar-refractivity contribution in [1.82, 2.24) is 0 Å². The number of hydrogen-bond donors (Lipinski definition) is 0. The van der Waals surface area contributed by atoms with Gasteiger partial charge in [0.1, 0.15) is 6.10 Å². The predicted octanol–water partition coefficient (Wildman–Crippen LogP) is 3.82. The van der Waals surface area contributed by atoms with Crippen molar-refractivity contribution in [3.05, 3.63) is 23.8 Å². The lowest BCUT2D eigenvalue weighted by atomic mass is 10.1. The summed E-state index contributed by atoms with van der Waals surface area (Å²) < 4.78 is 21.0. The zero-order valence-corrected chi connectivity index (χ0v) is 15.5.